The first-order chi connectivity index (χ1) is 11.9. The van der Waals surface area contributed by atoms with Crippen LogP contribution in [0, 0.1) is 17.0 Å². The van der Waals surface area contributed by atoms with Gasteiger partial charge in [0.15, 0.2) is 5.82 Å². The van der Waals surface area contributed by atoms with E-state index in [-0.39, 0.29) is 11.5 Å². The Bertz CT molecular complexity index is 948. The van der Waals surface area contributed by atoms with Crippen LogP contribution in [-0.2, 0) is 6.54 Å². The van der Waals surface area contributed by atoms with Crippen LogP contribution in [0.25, 0.3) is 0 Å². The molecule has 0 fully saturated rings. The summed E-state index contributed by atoms with van der Waals surface area (Å²) in [5.74, 6) is -0.398. The number of aromatic nitrogens is 4. The zero-order chi connectivity index (χ0) is 18.0. The van der Waals surface area contributed by atoms with Gasteiger partial charge in [0.25, 0.3) is 5.91 Å². The molecule has 0 saturated carbocycles. The molecule has 2 N–H and O–H groups in total. The van der Waals surface area contributed by atoms with Gasteiger partial charge in [0, 0.05) is 16.8 Å². The highest BCUT2D eigenvalue weighted by molar-refractivity contribution is 6.30. The molecular formula is C15H13ClN6O3. The van der Waals surface area contributed by atoms with Gasteiger partial charge in [-0.2, -0.15) is 10.2 Å². The first kappa shape index (κ1) is 16.7. The number of aryl methyl sites for hydroxylation is 1. The van der Waals surface area contributed by atoms with E-state index in [1.165, 1.54) is 0 Å². The van der Waals surface area contributed by atoms with Gasteiger partial charge in [0.05, 0.1) is 11.5 Å². The first-order valence-corrected chi connectivity index (χ1v) is 7.60. The number of nitrogens with zero attached hydrogens (tertiary/aromatic N) is 4. The zero-order valence-electron chi connectivity index (χ0n) is 13.1. The standard InChI is InChI=1S/C15H13ClN6O3/c1-9-5-13(18-15(23)14-12(22(24)25)7-17-19-14)20-21(9)8-10-3-2-4-11(16)6-10/h2-7H,8H2,1H3,(H,17,19)(H,18,20,23). The second-order valence-electron chi connectivity index (χ2n) is 5.30. The van der Waals surface area contributed by atoms with E-state index in [1.54, 1.807) is 16.8 Å². The summed E-state index contributed by atoms with van der Waals surface area (Å²) in [6.07, 6.45) is 0.984. The molecular weight excluding hydrogens is 348 g/mol. The maximum absolute atomic E-state index is 12.2. The number of nitrogens with one attached hydrogen (secondary N) is 2. The summed E-state index contributed by atoms with van der Waals surface area (Å²) in [5, 5.41) is 24.2. The minimum absolute atomic E-state index is 0.230. The average Bonchev–Trinajstić information content (AvgIpc) is 3.15. The van der Waals surface area contributed by atoms with E-state index in [9.17, 15) is 14.9 Å². The van der Waals surface area contributed by atoms with Crippen molar-refractivity contribution in [3.63, 3.8) is 0 Å². The van der Waals surface area contributed by atoms with E-state index in [1.807, 2.05) is 25.1 Å². The fraction of sp³-hybridized carbons (Fsp3) is 0.133. The van der Waals surface area contributed by atoms with Crippen molar-refractivity contribution in [3.8, 4) is 0 Å². The molecule has 9 nitrogen and oxygen atoms in total. The van der Waals surface area contributed by atoms with Gasteiger partial charge in [-0.3, -0.25) is 24.7 Å². The molecule has 3 rings (SSSR count). The predicted molar refractivity (Wildman–Crippen MR) is 90.7 cm³/mol. The Balaban J connectivity index is 1.77. The Hall–Kier alpha value is -3.20. The van der Waals surface area contributed by atoms with Gasteiger partial charge in [0.1, 0.15) is 6.20 Å². The van der Waals surface area contributed by atoms with Crippen molar-refractivity contribution in [2.24, 2.45) is 0 Å². The summed E-state index contributed by atoms with van der Waals surface area (Å²) in [5.41, 5.74) is 1.15. The lowest BCUT2D eigenvalue weighted by Gasteiger charge is -2.05. The molecule has 0 spiro atoms. The van der Waals surface area contributed by atoms with Crippen molar-refractivity contribution in [3.05, 3.63) is 68.6 Å². The maximum atomic E-state index is 12.2. The summed E-state index contributed by atoms with van der Waals surface area (Å²) >= 11 is 5.97. The van der Waals surface area contributed by atoms with E-state index < -0.39 is 16.5 Å². The second-order valence-corrected chi connectivity index (χ2v) is 5.74. The molecule has 10 heteroatoms. The SMILES string of the molecule is Cc1cc(NC(=O)c2[nH]ncc2[N+](=O)[O-])nn1Cc1cccc(Cl)c1. The Kier molecular flexibility index (Phi) is 4.48. The zero-order valence-corrected chi connectivity index (χ0v) is 13.8. The number of amides is 1. The van der Waals surface area contributed by atoms with Crippen LogP contribution in [0.3, 0.4) is 0 Å². The van der Waals surface area contributed by atoms with Crippen LogP contribution in [0.15, 0.2) is 36.5 Å². The molecule has 0 aliphatic carbocycles. The van der Waals surface area contributed by atoms with Crippen molar-refractivity contribution < 1.29 is 9.72 Å². The van der Waals surface area contributed by atoms with Gasteiger partial charge in [-0.05, 0) is 24.6 Å². The average molecular weight is 361 g/mol. The number of rotatable bonds is 5. The molecule has 0 atom stereocenters. The Morgan fingerprint density at radius 3 is 2.96 bits per heavy atom. The van der Waals surface area contributed by atoms with Crippen LogP contribution >= 0.6 is 11.6 Å². The Morgan fingerprint density at radius 1 is 1.44 bits per heavy atom. The van der Waals surface area contributed by atoms with Crippen LogP contribution in [0.5, 0.6) is 0 Å². The lowest BCUT2D eigenvalue weighted by Crippen LogP contribution is -2.15. The summed E-state index contributed by atoms with van der Waals surface area (Å²) in [6.45, 7) is 2.32. The van der Waals surface area contributed by atoms with Crippen molar-refractivity contribution in [1.29, 1.82) is 0 Å². The number of anilines is 1. The third-order valence-corrected chi connectivity index (χ3v) is 3.72. The number of nitro groups is 1. The lowest BCUT2D eigenvalue weighted by molar-refractivity contribution is -0.385. The van der Waals surface area contributed by atoms with Gasteiger partial charge in [-0.25, -0.2) is 0 Å². The molecule has 3 aromatic rings. The number of halogens is 1. The third kappa shape index (κ3) is 3.66. The highest BCUT2D eigenvalue weighted by Crippen LogP contribution is 2.18. The number of benzene rings is 1. The van der Waals surface area contributed by atoms with Crippen LogP contribution in [-0.4, -0.2) is 30.8 Å². The third-order valence-electron chi connectivity index (χ3n) is 3.49. The maximum Gasteiger partial charge on any atom is 0.319 e. The van der Waals surface area contributed by atoms with Crippen molar-refractivity contribution in [2.45, 2.75) is 13.5 Å². The van der Waals surface area contributed by atoms with E-state index >= 15 is 0 Å². The molecule has 0 radical (unpaired) electrons. The van der Waals surface area contributed by atoms with E-state index in [2.05, 4.69) is 20.6 Å². The fourth-order valence-corrected chi connectivity index (χ4v) is 2.52. The van der Waals surface area contributed by atoms with Gasteiger partial charge in [-0.15, -0.1) is 0 Å². The van der Waals surface area contributed by atoms with Gasteiger partial charge in [-0.1, -0.05) is 23.7 Å². The molecule has 25 heavy (non-hydrogen) atoms. The molecule has 2 aromatic heterocycles. The van der Waals surface area contributed by atoms with Gasteiger partial charge in [0.2, 0.25) is 5.69 Å². The van der Waals surface area contributed by atoms with Crippen LogP contribution < -0.4 is 5.32 Å². The second kappa shape index (κ2) is 6.73. The van der Waals surface area contributed by atoms with Crippen LogP contribution in [0.2, 0.25) is 5.02 Å². The summed E-state index contributed by atoms with van der Waals surface area (Å²) in [4.78, 5) is 22.4. The molecule has 1 aromatic carbocycles. The fourth-order valence-electron chi connectivity index (χ4n) is 2.30. The Morgan fingerprint density at radius 2 is 2.24 bits per heavy atom. The number of H-pyrrole nitrogens is 1. The molecule has 0 unspecified atom stereocenters. The number of carbonyl (C=O) groups is 1. The van der Waals surface area contributed by atoms with Crippen molar-refractivity contribution >= 4 is 29.0 Å². The number of aromatic amines is 1. The monoisotopic (exact) mass is 360 g/mol. The highest BCUT2D eigenvalue weighted by atomic mass is 35.5. The van der Waals surface area contributed by atoms with Crippen LogP contribution in [0.1, 0.15) is 21.7 Å². The van der Waals surface area contributed by atoms with E-state index in [4.69, 9.17) is 11.6 Å². The molecule has 0 aliphatic rings. The van der Waals surface area contributed by atoms with Gasteiger partial charge < -0.3 is 5.32 Å². The molecule has 0 aliphatic heterocycles. The quantitative estimate of drug-likeness (QED) is 0.535. The predicted octanol–water partition coefficient (Wildman–Crippen LogP) is 2.78. The largest absolute Gasteiger partial charge is 0.319 e. The Labute approximate surface area is 146 Å². The molecule has 128 valence electrons. The minimum Gasteiger partial charge on any atom is -0.304 e. The lowest BCUT2D eigenvalue weighted by atomic mass is 10.2. The van der Waals surface area contributed by atoms with Gasteiger partial charge >= 0.3 is 5.69 Å². The summed E-state index contributed by atoms with van der Waals surface area (Å²) < 4.78 is 1.70. The molecule has 0 saturated heterocycles. The molecule has 0 bridgehead atoms. The van der Waals surface area contributed by atoms with Crippen molar-refractivity contribution in [2.75, 3.05) is 5.32 Å². The smallest absolute Gasteiger partial charge is 0.304 e. The number of hydrogen-bond acceptors (Lipinski definition) is 5. The van der Waals surface area contributed by atoms with E-state index in [0.717, 1.165) is 17.5 Å². The van der Waals surface area contributed by atoms with Crippen LogP contribution in [0.4, 0.5) is 11.5 Å². The number of hydrogen-bond donors (Lipinski definition) is 2. The number of carbonyl (C=O) groups excluding carboxylic acids is 1. The van der Waals surface area contributed by atoms with E-state index in [0.29, 0.717) is 11.6 Å². The summed E-state index contributed by atoms with van der Waals surface area (Å²) in [6, 6.07) is 9.04. The normalized spacial score (nSPS) is 10.6. The molecule has 1 amide bonds. The summed E-state index contributed by atoms with van der Waals surface area (Å²) in [7, 11) is 0. The molecule has 2 heterocycles. The highest BCUT2D eigenvalue weighted by Gasteiger charge is 2.23. The minimum atomic E-state index is -0.684. The van der Waals surface area contributed by atoms with Crippen molar-refractivity contribution in [1.82, 2.24) is 20.0 Å². The topological polar surface area (TPSA) is 119 Å². The first-order valence-electron chi connectivity index (χ1n) is 7.22.